The lowest BCUT2D eigenvalue weighted by molar-refractivity contribution is -0.113. The van der Waals surface area contributed by atoms with Gasteiger partial charge in [0.05, 0.1) is 11.1 Å². The maximum absolute atomic E-state index is 13.3. The minimum absolute atomic E-state index is 0.104. The Kier molecular flexibility index (Phi) is 6.64. The molecule has 0 radical (unpaired) electrons. The maximum Gasteiger partial charge on any atom is 0.263 e. The molecule has 0 aliphatic rings. The summed E-state index contributed by atoms with van der Waals surface area (Å²) < 4.78 is 1.60. The minimum Gasteiger partial charge on any atom is -0.325 e. The molecule has 3 heterocycles. The van der Waals surface area contributed by atoms with Gasteiger partial charge in [-0.3, -0.25) is 14.2 Å². The van der Waals surface area contributed by atoms with Crippen LogP contribution in [0.2, 0.25) is 0 Å². The Balaban J connectivity index is 1.62. The van der Waals surface area contributed by atoms with Crippen LogP contribution in [-0.4, -0.2) is 21.2 Å². The quantitative estimate of drug-likeness (QED) is 0.199. The Morgan fingerprint density at radius 3 is 2.66 bits per heavy atom. The minimum atomic E-state index is -0.130. The van der Waals surface area contributed by atoms with Crippen LogP contribution in [0.1, 0.15) is 16.7 Å². The van der Waals surface area contributed by atoms with Gasteiger partial charge >= 0.3 is 0 Å². The summed E-state index contributed by atoms with van der Waals surface area (Å²) in [4.78, 5) is 32.5. The number of benzene rings is 1. The highest BCUT2D eigenvalue weighted by molar-refractivity contribution is 7.99. The molecule has 0 aliphatic heterocycles. The molecule has 4 aromatic rings. The number of hydrogen-bond donors (Lipinski definition) is 1. The molecule has 0 unspecified atom stereocenters. The summed E-state index contributed by atoms with van der Waals surface area (Å²) in [5.74, 6) is 0.0281. The number of aromatic nitrogens is 2. The first-order valence-corrected chi connectivity index (χ1v) is 12.8. The predicted octanol–water partition coefficient (Wildman–Crippen LogP) is 6.03. The van der Waals surface area contributed by atoms with Gasteiger partial charge in [-0.2, -0.15) is 0 Å². The summed E-state index contributed by atoms with van der Waals surface area (Å²) in [6.45, 7) is 10.1. The highest BCUT2D eigenvalue weighted by atomic mass is 32.2. The Labute approximate surface area is 198 Å². The number of thioether (sulfide) groups is 1. The molecule has 3 aromatic heterocycles. The summed E-state index contributed by atoms with van der Waals surface area (Å²) in [6.07, 6.45) is 1.68. The standard InChI is InChI=1S/C24H23N3O2S3/c1-5-8-27-23(29)20-17(18-7-6-9-30-18)12-31-22(20)26-24(27)32-13-19(28)25-21-15(3)10-14(2)11-16(21)4/h5-7,9-12H,1,8,13H2,2-4H3,(H,25,28). The van der Waals surface area contributed by atoms with E-state index in [4.69, 9.17) is 4.98 Å². The third kappa shape index (κ3) is 4.44. The first-order valence-electron chi connectivity index (χ1n) is 10.1. The third-order valence-corrected chi connectivity index (χ3v) is 7.78. The van der Waals surface area contributed by atoms with Crippen LogP contribution in [0.3, 0.4) is 0 Å². The summed E-state index contributed by atoms with van der Waals surface area (Å²) in [7, 11) is 0. The van der Waals surface area contributed by atoms with Crippen LogP contribution < -0.4 is 10.9 Å². The third-order valence-electron chi connectivity index (χ3n) is 5.03. The lowest BCUT2D eigenvalue weighted by atomic mass is 10.1. The second-order valence-corrected chi connectivity index (χ2v) is 10.3. The van der Waals surface area contributed by atoms with Crippen molar-refractivity contribution in [2.45, 2.75) is 32.5 Å². The Morgan fingerprint density at radius 1 is 1.25 bits per heavy atom. The lowest BCUT2D eigenvalue weighted by Crippen LogP contribution is -2.23. The van der Waals surface area contributed by atoms with Crippen LogP contribution in [0.4, 0.5) is 5.69 Å². The van der Waals surface area contributed by atoms with E-state index >= 15 is 0 Å². The van der Waals surface area contributed by atoms with E-state index < -0.39 is 0 Å². The SMILES string of the molecule is C=CCn1c(SCC(=O)Nc2c(C)cc(C)cc2C)nc2scc(-c3cccs3)c2c1=O. The second kappa shape index (κ2) is 9.44. The summed E-state index contributed by atoms with van der Waals surface area (Å²) in [5.41, 5.74) is 4.87. The van der Waals surface area contributed by atoms with Crippen molar-refractivity contribution < 1.29 is 4.79 Å². The smallest absolute Gasteiger partial charge is 0.263 e. The van der Waals surface area contributed by atoms with Gasteiger partial charge in [0.15, 0.2) is 5.16 Å². The van der Waals surface area contributed by atoms with E-state index in [1.807, 2.05) is 43.7 Å². The van der Waals surface area contributed by atoms with E-state index in [0.29, 0.717) is 21.9 Å². The molecule has 164 valence electrons. The van der Waals surface area contributed by atoms with Gasteiger partial charge in [0.1, 0.15) is 4.83 Å². The lowest BCUT2D eigenvalue weighted by Gasteiger charge is -2.13. The maximum atomic E-state index is 13.3. The molecule has 0 saturated carbocycles. The molecule has 5 nitrogen and oxygen atoms in total. The molecule has 1 aromatic carbocycles. The molecule has 0 bridgehead atoms. The summed E-state index contributed by atoms with van der Waals surface area (Å²) >= 11 is 4.32. The molecule has 1 N–H and O–H groups in total. The molecular weight excluding hydrogens is 458 g/mol. The van der Waals surface area contributed by atoms with Crippen LogP contribution >= 0.6 is 34.4 Å². The van der Waals surface area contributed by atoms with Crippen LogP contribution in [0, 0.1) is 20.8 Å². The number of nitrogens with zero attached hydrogens (tertiary/aromatic N) is 2. The van der Waals surface area contributed by atoms with Crippen molar-refractivity contribution in [1.82, 2.24) is 9.55 Å². The average Bonchev–Trinajstić information content (AvgIpc) is 3.41. The van der Waals surface area contributed by atoms with Gasteiger partial charge in [0.25, 0.3) is 5.56 Å². The van der Waals surface area contributed by atoms with Gasteiger partial charge in [0.2, 0.25) is 5.91 Å². The number of nitrogens with one attached hydrogen (secondary N) is 1. The van der Waals surface area contributed by atoms with E-state index in [9.17, 15) is 9.59 Å². The number of carbonyl (C=O) groups is 1. The van der Waals surface area contributed by atoms with Gasteiger partial charge in [-0.25, -0.2) is 4.98 Å². The molecule has 0 atom stereocenters. The number of fused-ring (bicyclic) bond motifs is 1. The molecule has 0 aliphatic carbocycles. The van der Waals surface area contributed by atoms with Crippen molar-refractivity contribution in [3.8, 4) is 10.4 Å². The monoisotopic (exact) mass is 481 g/mol. The molecule has 0 spiro atoms. The normalized spacial score (nSPS) is 11.1. The van der Waals surface area contributed by atoms with Crippen LogP contribution in [0.25, 0.3) is 20.7 Å². The van der Waals surface area contributed by atoms with Crippen LogP contribution in [-0.2, 0) is 11.3 Å². The van der Waals surface area contributed by atoms with E-state index in [0.717, 1.165) is 32.8 Å². The molecule has 1 amide bonds. The van der Waals surface area contributed by atoms with Gasteiger partial charge in [-0.1, -0.05) is 41.6 Å². The van der Waals surface area contributed by atoms with E-state index in [-0.39, 0.29) is 17.2 Å². The van der Waals surface area contributed by atoms with Gasteiger partial charge < -0.3 is 5.32 Å². The molecule has 32 heavy (non-hydrogen) atoms. The van der Waals surface area contributed by atoms with Crippen molar-refractivity contribution in [2.24, 2.45) is 0 Å². The summed E-state index contributed by atoms with van der Waals surface area (Å²) in [6, 6.07) is 8.08. The number of anilines is 1. The molecule has 4 rings (SSSR count). The highest BCUT2D eigenvalue weighted by Crippen LogP contribution is 2.34. The van der Waals surface area contributed by atoms with Crippen LogP contribution in [0.15, 0.2) is 57.6 Å². The fourth-order valence-corrected chi connectivity index (χ4v) is 6.31. The zero-order valence-corrected chi connectivity index (χ0v) is 20.5. The molecular formula is C24H23N3O2S3. The van der Waals surface area contributed by atoms with E-state index in [1.54, 1.807) is 22.0 Å². The van der Waals surface area contributed by atoms with Crippen molar-refractivity contribution in [3.05, 3.63) is 74.7 Å². The van der Waals surface area contributed by atoms with E-state index in [1.165, 1.54) is 23.1 Å². The number of amides is 1. The fourth-order valence-electron chi connectivity index (χ4n) is 3.70. The largest absolute Gasteiger partial charge is 0.325 e. The number of allylic oxidation sites excluding steroid dienone is 1. The van der Waals surface area contributed by atoms with Crippen molar-refractivity contribution >= 4 is 56.2 Å². The predicted molar refractivity (Wildman–Crippen MR) is 137 cm³/mol. The first-order chi connectivity index (χ1) is 15.4. The number of hydrogen-bond acceptors (Lipinski definition) is 6. The van der Waals surface area contributed by atoms with Gasteiger partial charge in [0, 0.05) is 28.1 Å². The summed E-state index contributed by atoms with van der Waals surface area (Å²) in [5, 5.41) is 8.13. The average molecular weight is 482 g/mol. The molecule has 0 fully saturated rings. The Morgan fingerprint density at radius 2 is 2.00 bits per heavy atom. The van der Waals surface area contributed by atoms with Crippen LogP contribution in [0.5, 0.6) is 0 Å². The zero-order chi connectivity index (χ0) is 22.8. The first kappa shape index (κ1) is 22.5. The van der Waals surface area contributed by atoms with Crippen molar-refractivity contribution in [1.29, 1.82) is 0 Å². The topological polar surface area (TPSA) is 64.0 Å². The second-order valence-electron chi connectivity index (χ2n) is 7.52. The molecule has 0 saturated heterocycles. The van der Waals surface area contributed by atoms with Crippen molar-refractivity contribution in [3.63, 3.8) is 0 Å². The van der Waals surface area contributed by atoms with Crippen molar-refractivity contribution in [2.75, 3.05) is 11.1 Å². The number of aryl methyl sites for hydroxylation is 3. The van der Waals surface area contributed by atoms with E-state index in [2.05, 4.69) is 24.0 Å². The number of carbonyl (C=O) groups excluding carboxylic acids is 1. The van der Waals surface area contributed by atoms with Gasteiger partial charge in [-0.15, -0.1) is 29.3 Å². The number of thiophene rings is 2. The molecule has 8 heteroatoms. The highest BCUT2D eigenvalue weighted by Gasteiger charge is 2.18. The fraction of sp³-hybridized carbons (Fsp3) is 0.208. The Bertz CT molecular complexity index is 1340. The van der Waals surface area contributed by atoms with Gasteiger partial charge in [-0.05, 0) is 43.3 Å². The zero-order valence-electron chi connectivity index (χ0n) is 18.1. The Hall–Kier alpha value is -2.68. The number of rotatable bonds is 7.